The maximum atomic E-state index is 13.1. The third-order valence-corrected chi connectivity index (χ3v) is 4.30. The second-order valence-corrected chi connectivity index (χ2v) is 6.82. The molecule has 1 N–H and O–H groups in total. The molecule has 1 amide bonds. The molecule has 1 aromatic heterocycles. The first-order chi connectivity index (χ1) is 12.8. The van der Waals surface area contributed by atoms with Gasteiger partial charge < -0.3 is 9.73 Å². The van der Waals surface area contributed by atoms with Crippen molar-refractivity contribution in [2.45, 2.75) is 6.18 Å². The molecule has 3 nitrogen and oxygen atoms in total. The predicted molar refractivity (Wildman–Crippen MR) is 106 cm³/mol. The summed E-state index contributed by atoms with van der Waals surface area (Å²) in [6, 6.07) is 16.6. The van der Waals surface area contributed by atoms with Crippen LogP contribution in [-0.2, 0) is 11.0 Å². The summed E-state index contributed by atoms with van der Waals surface area (Å²) >= 11 is 1.79. The normalized spacial score (nSPS) is 11.7. The molecule has 0 aliphatic carbocycles. The van der Waals surface area contributed by atoms with Crippen molar-refractivity contribution in [2.24, 2.45) is 0 Å². The van der Waals surface area contributed by atoms with Gasteiger partial charge in [-0.1, -0.05) is 30.3 Å². The molecule has 0 bridgehead atoms. The Bertz CT molecular complexity index is 978. The molecule has 0 saturated heterocycles. The van der Waals surface area contributed by atoms with Crippen LogP contribution in [0.1, 0.15) is 11.3 Å². The Morgan fingerprint density at radius 2 is 1.78 bits per heavy atom. The fourth-order valence-electron chi connectivity index (χ4n) is 2.39. The molecule has 0 radical (unpaired) electrons. The molecule has 0 saturated carbocycles. The molecule has 0 aliphatic rings. The van der Waals surface area contributed by atoms with E-state index in [1.54, 1.807) is 34.7 Å². The molecule has 3 aromatic rings. The van der Waals surface area contributed by atoms with Crippen molar-refractivity contribution in [3.8, 4) is 11.3 Å². The highest BCUT2D eigenvalue weighted by Crippen LogP contribution is 2.35. The first kappa shape index (κ1) is 19.2. The SMILES string of the molecule is O=C(/C=C/c1ccc(-c2ccccc2)o1)Nc1ccc(I)cc1C(F)(F)F. The van der Waals surface area contributed by atoms with E-state index in [1.165, 1.54) is 18.2 Å². The predicted octanol–water partition coefficient (Wildman–Crippen LogP) is 6.22. The minimum atomic E-state index is -4.56. The first-order valence-electron chi connectivity index (χ1n) is 7.84. The summed E-state index contributed by atoms with van der Waals surface area (Å²) in [5.74, 6) is 0.370. The minimum absolute atomic E-state index is 0.290. The van der Waals surface area contributed by atoms with Gasteiger partial charge in [-0.2, -0.15) is 13.2 Å². The Morgan fingerprint density at radius 3 is 2.48 bits per heavy atom. The average Bonchev–Trinajstić information content (AvgIpc) is 3.10. The number of benzene rings is 2. The molecule has 0 atom stereocenters. The molecule has 0 aliphatic heterocycles. The number of rotatable bonds is 4. The van der Waals surface area contributed by atoms with Crippen molar-refractivity contribution in [1.29, 1.82) is 0 Å². The van der Waals surface area contributed by atoms with Crippen LogP contribution in [0.3, 0.4) is 0 Å². The van der Waals surface area contributed by atoms with Crippen molar-refractivity contribution < 1.29 is 22.4 Å². The zero-order valence-electron chi connectivity index (χ0n) is 13.8. The number of hydrogen-bond acceptors (Lipinski definition) is 2. The number of hydrogen-bond donors (Lipinski definition) is 1. The van der Waals surface area contributed by atoms with E-state index >= 15 is 0 Å². The van der Waals surface area contributed by atoms with Crippen molar-refractivity contribution in [1.82, 2.24) is 0 Å². The van der Waals surface area contributed by atoms with Gasteiger partial charge in [0.15, 0.2) is 0 Å². The monoisotopic (exact) mass is 483 g/mol. The van der Waals surface area contributed by atoms with Crippen LogP contribution in [0.2, 0.25) is 0 Å². The third kappa shape index (κ3) is 5.00. The topological polar surface area (TPSA) is 42.2 Å². The lowest BCUT2D eigenvalue weighted by molar-refractivity contribution is -0.137. The molecule has 27 heavy (non-hydrogen) atoms. The standard InChI is InChI=1S/C20H13F3INO2/c21-20(22,23)16-12-14(24)6-9-17(16)25-19(26)11-8-15-7-10-18(27-15)13-4-2-1-3-5-13/h1-12H,(H,25,26)/b11-8+. The summed E-state index contributed by atoms with van der Waals surface area (Å²) in [6.45, 7) is 0. The van der Waals surface area contributed by atoms with Crippen LogP contribution in [0.15, 0.2) is 71.2 Å². The van der Waals surface area contributed by atoms with Crippen LogP contribution >= 0.6 is 22.6 Å². The number of carbonyl (C=O) groups excluding carboxylic acids is 1. The van der Waals surface area contributed by atoms with Crippen LogP contribution < -0.4 is 5.32 Å². The second kappa shape index (κ2) is 7.99. The minimum Gasteiger partial charge on any atom is -0.457 e. The van der Waals surface area contributed by atoms with E-state index in [9.17, 15) is 18.0 Å². The van der Waals surface area contributed by atoms with Gasteiger partial charge in [0, 0.05) is 15.2 Å². The first-order valence-corrected chi connectivity index (χ1v) is 8.92. The number of nitrogens with one attached hydrogen (secondary N) is 1. The van der Waals surface area contributed by atoms with Crippen molar-refractivity contribution in [3.05, 3.63) is 81.6 Å². The van der Waals surface area contributed by atoms with Gasteiger partial charge in [0.25, 0.3) is 0 Å². The number of carbonyl (C=O) groups is 1. The molecule has 7 heteroatoms. The molecule has 1 heterocycles. The van der Waals surface area contributed by atoms with Crippen LogP contribution in [-0.4, -0.2) is 5.91 Å². The molecule has 0 unspecified atom stereocenters. The summed E-state index contributed by atoms with van der Waals surface area (Å²) in [5, 5.41) is 2.26. The highest BCUT2D eigenvalue weighted by atomic mass is 127. The molecule has 138 valence electrons. The van der Waals surface area contributed by atoms with E-state index in [4.69, 9.17) is 4.42 Å². The average molecular weight is 483 g/mol. The number of amides is 1. The number of alkyl halides is 3. The fourth-order valence-corrected chi connectivity index (χ4v) is 2.88. The smallest absolute Gasteiger partial charge is 0.418 e. The zero-order chi connectivity index (χ0) is 19.4. The van der Waals surface area contributed by atoms with Gasteiger partial charge >= 0.3 is 6.18 Å². The van der Waals surface area contributed by atoms with Gasteiger partial charge in [-0.25, -0.2) is 0 Å². The number of halogens is 4. The summed E-state index contributed by atoms with van der Waals surface area (Å²) in [7, 11) is 0. The van der Waals surface area contributed by atoms with Crippen molar-refractivity contribution >= 4 is 40.3 Å². The maximum Gasteiger partial charge on any atom is 0.418 e. The van der Waals surface area contributed by atoms with Crippen LogP contribution in [0.4, 0.5) is 18.9 Å². The Labute approximate surface area is 167 Å². The summed E-state index contributed by atoms with van der Waals surface area (Å²) < 4.78 is 45.4. The molecule has 0 spiro atoms. The highest BCUT2D eigenvalue weighted by molar-refractivity contribution is 14.1. The zero-order valence-corrected chi connectivity index (χ0v) is 15.9. The summed E-state index contributed by atoms with van der Waals surface area (Å²) in [4.78, 5) is 12.0. The number of anilines is 1. The largest absolute Gasteiger partial charge is 0.457 e. The number of furan rings is 1. The lowest BCUT2D eigenvalue weighted by Gasteiger charge is -2.13. The van der Waals surface area contributed by atoms with Gasteiger partial charge in [0.2, 0.25) is 5.91 Å². The molecule has 2 aromatic carbocycles. The van der Waals surface area contributed by atoms with Gasteiger partial charge in [-0.15, -0.1) is 0 Å². The van der Waals surface area contributed by atoms with Crippen LogP contribution in [0.25, 0.3) is 17.4 Å². The molecule has 3 rings (SSSR count). The van der Waals surface area contributed by atoms with Gasteiger partial charge in [-0.3, -0.25) is 4.79 Å². The van der Waals surface area contributed by atoms with Gasteiger partial charge in [-0.05, 0) is 59.0 Å². The fraction of sp³-hybridized carbons (Fsp3) is 0.0500. The van der Waals surface area contributed by atoms with E-state index < -0.39 is 17.6 Å². The Kier molecular flexibility index (Phi) is 5.69. The van der Waals surface area contributed by atoms with Crippen molar-refractivity contribution in [3.63, 3.8) is 0 Å². The Morgan fingerprint density at radius 1 is 1.04 bits per heavy atom. The quantitative estimate of drug-likeness (QED) is 0.354. The third-order valence-electron chi connectivity index (χ3n) is 3.63. The lowest BCUT2D eigenvalue weighted by Crippen LogP contribution is -2.14. The summed E-state index contributed by atoms with van der Waals surface area (Å²) in [6.07, 6.45) is -2.02. The lowest BCUT2D eigenvalue weighted by atomic mass is 10.1. The van der Waals surface area contributed by atoms with Gasteiger partial charge in [0.05, 0.1) is 11.3 Å². The van der Waals surface area contributed by atoms with E-state index in [-0.39, 0.29) is 5.69 Å². The molecule has 0 fully saturated rings. The molecular formula is C20H13F3INO2. The second-order valence-electron chi connectivity index (χ2n) is 5.58. The van der Waals surface area contributed by atoms with Crippen molar-refractivity contribution in [2.75, 3.05) is 5.32 Å². The summed E-state index contributed by atoms with van der Waals surface area (Å²) in [5.41, 5.74) is -0.294. The van der Waals surface area contributed by atoms with Crippen LogP contribution in [0.5, 0.6) is 0 Å². The Balaban J connectivity index is 1.73. The van der Waals surface area contributed by atoms with Crippen LogP contribution in [0, 0.1) is 3.57 Å². The van der Waals surface area contributed by atoms with E-state index in [0.717, 1.165) is 17.7 Å². The Hall–Kier alpha value is -2.55. The van der Waals surface area contributed by atoms with E-state index in [0.29, 0.717) is 15.1 Å². The van der Waals surface area contributed by atoms with Gasteiger partial charge in [0.1, 0.15) is 11.5 Å². The highest BCUT2D eigenvalue weighted by Gasteiger charge is 2.34. The molecular weight excluding hydrogens is 470 g/mol. The van der Waals surface area contributed by atoms with E-state index in [2.05, 4.69) is 5.32 Å². The maximum absolute atomic E-state index is 13.1. The van der Waals surface area contributed by atoms with E-state index in [1.807, 2.05) is 30.3 Å².